The first-order valence-corrected chi connectivity index (χ1v) is 11.0. The molecular formula is C20H21BrN2O4S. The molecule has 0 spiro atoms. The van der Waals surface area contributed by atoms with Gasteiger partial charge >= 0.3 is 0 Å². The highest BCUT2D eigenvalue weighted by atomic mass is 79.9. The third-order valence-corrected chi connectivity index (χ3v) is 6.37. The molecule has 0 aliphatic carbocycles. The number of hydrogen-bond donors (Lipinski definition) is 1. The molecule has 6 nitrogen and oxygen atoms in total. The van der Waals surface area contributed by atoms with Crippen molar-refractivity contribution >= 4 is 31.7 Å². The summed E-state index contributed by atoms with van der Waals surface area (Å²) in [5, 5.41) is 2.93. The van der Waals surface area contributed by atoms with Gasteiger partial charge in [-0.1, -0.05) is 34.1 Å². The van der Waals surface area contributed by atoms with E-state index in [9.17, 15) is 8.42 Å². The Labute approximate surface area is 173 Å². The molecule has 1 aromatic heterocycles. The molecule has 0 unspecified atom stereocenters. The van der Waals surface area contributed by atoms with E-state index in [1.54, 1.807) is 19.2 Å². The first kappa shape index (κ1) is 20.6. The number of oxazole rings is 1. The predicted octanol–water partition coefficient (Wildman–Crippen LogP) is 4.69. The quantitative estimate of drug-likeness (QED) is 0.486. The van der Waals surface area contributed by atoms with Gasteiger partial charge in [-0.2, -0.15) is 4.98 Å². The first-order valence-electron chi connectivity index (χ1n) is 8.74. The van der Waals surface area contributed by atoms with Crippen LogP contribution < -0.4 is 5.32 Å². The second-order valence-electron chi connectivity index (χ2n) is 6.20. The molecule has 0 bridgehead atoms. The molecule has 1 N–H and O–H groups in total. The van der Waals surface area contributed by atoms with Crippen LogP contribution in [0.2, 0.25) is 0 Å². The van der Waals surface area contributed by atoms with Gasteiger partial charge in [0.1, 0.15) is 0 Å². The third kappa shape index (κ3) is 4.45. The van der Waals surface area contributed by atoms with Gasteiger partial charge in [-0.3, -0.25) is 0 Å². The summed E-state index contributed by atoms with van der Waals surface area (Å²) in [6, 6.07) is 14.0. The van der Waals surface area contributed by atoms with E-state index in [-0.39, 0.29) is 21.7 Å². The van der Waals surface area contributed by atoms with E-state index in [0.29, 0.717) is 19.6 Å². The monoisotopic (exact) mass is 464 g/mol. The average molecular weight is 465 g/mol. The van der Waals surface area contributed by atoms with Crippen LogP contribution in [0.1, 0.15) is 12.0 Å². The zero-order valence-corrected chi connectivity index (χ0v) is 18.0. The van der Waals surface area contributed by atoms with Crippen LogP contribution in [-0.2, 0) is 14.6 Å². The van der Waals surface area contributed by atoms with Crippen molar-refractivity contribution in [3.05, 3.63) is 58.6 Å². The van der Waals surface area contributed by atoms with E-state index in [1.165, 1.54) is 12.1 Å². The number of ether oxygens (including phenoxy) is 1. The van der Waals surface area contributed by atoms with Crippen LogP contribution in [0.15, 0.2) is 67.3 Å². The molecule has 0 aliphatic heterocycles. The maximum Gasteiger partial charge on any atom is 0.233 e. The normalized spacial score (nSPS) is 11.5. The SMILES string of the molecule is COCCCNc1oc(-c2ccccc2C)nc1S(=O)(=O)c1ccc(Br)cc1. The maximum atomic E-state index is 13.2. The summed E-state index contributed by atoms with van der Waals surface area (Å²) in [5.74, 6) is 0.403. The van der Waals surface area contributed by atoms with Crippen LogP contribution in [0.4, 0.5) is 5.88 Å². The molecule has 3 rings (SSSR count). The highest BCUT2D eigenvalue weighted by molar-refractivity contribution is 9.10. The van der Waals surface area contributed by atoms with Crippen LogP contribution in [0, 0.1) is 6.92 Å². The summed E-state index contributed by atoms with van der Waals surface area (Å²) < 4.78 is 38.0. The van der Waals surface area contributed by atoms with Crippen molar-refractivity contribution in [2.75, 3.05) is 25.6 Å². The van der Waals surface area contributed by atoms with E-state index in [2.05, 4.69) is 26.2 Å². The highest BCUT2D eigenvalue weighted by Crippen LogP contribution is 2.33. The Morgan fingerprint density at radius 2 is 1.86 bits per heavy atom. The Bertz CT molecular complexity index is 1050. The number of nitrogens with zero attached hydrogens (tertiary/aromatic N) is 1. The van der Waals surface area contributed by atoms with Crippen LogP contribution >= 0.6 is 15.9 Å². The molecule has 0 saturated heterocycles. The van der Waals surface area contributed by atoms with Crippen molar-refractivity contribution in [1.82, 2.24) is 4.98 Å². The number of benzene rings is 2. The first-order chi connectivity index (χ1) is 13.4. The second-order valence-corrected chi connectivity index (χ2v) is 8.98. The van der Waals surface area contributed by atoms with Gasteiger partial charge in [-0.25, -0.2) is 8.42 Å². The highest BCUT2D eigenvalue weighted by Gasteiger charge is 2.28. The summed E-state index contributed by atoms with van der Waals surface area (Å²) in [5.41, 5.74) is 1.70. The summed E-state index contributed by atoms with van der Waals surface area (Å²) in [4.78, 5) is 4.50. The largest absolute Gasteiger partial charge is 0.419 e. The van der Waals surface area contributed by atoms with E-state index < -0.39 is 9.84 Å². The minimum atomic E-state index is -3.85. The average Bonchev–Trinajstić information content (AvgIpc) is 3.11. The summed E-state index contributed by atoms with van der Waals surface area (Å²) in [6.45, 7) is 2.98. The smallest absolute Gasteiger partial charge is 0.233 e. The van der Waals surface area contributed by atoms with E-state index in [1.807, 2.05) is 31.2 Å². The Morgan fingerprint density at radius 1 is 1.14 bits per heavy atom. The van der Waals surface area contributed by atoms with E-state index in [4.69, 9.17) is 9.15 Å². The molecule has 8 heteroatoms. The molecular weight excluding hydrogens is 444 g/mol. The van der Waals surface area contributed by atoms with Crippen molar-refractivity contribution < 1.29 is 17.6 Å². The molecule has 1 heterocycles. The Balaban J connectivity index is 2.04. The fourth-order valence-electron chi connectivity index (χ4n) is 2.67. The fourth-order valence-corrected chi connectivity index (χ4v) is 4.21. The van der Waals surface area contributed by atoms with Gasteiger partial charge in [0.05, 0.1) is 4.90 Å². The molecule has 0 atom stereocenters. The molecule has 0 fully saturated rings. The lowest BCUT2D eigenvalue weighted by atomic mass is 10.1. The minimum absolute atomic E-state index is 0.120. The van der Waals surface area contributed by atoms with Crippen molar-refractivity contribution in [2.45, 2.75) is 23.3 Å². The summed E-state index contributed by atoms with van der Waals surface area (Å²) >= 11 is 3.32. The van der Waals surface area contributed by atoms with Crippen LogP contribution in [0.3, 0.4) is 0 Å². The lowest BCUT2D eigenvalue weighted by Gasteiger charge is -2.06. The molecule has 0 radical (unpaired) electrons. The van der Waals surface area contributed by atoms with Crippen molar-refractivity contribution in [2.24, 2.45) is 0 Å². The van der Waals surface area contributed by atoms with Gasteiger partial charge in [-0.15, -0.1) is 0 Å². The topological polar surface area (TPSA) is 81.4 Å². The summed E-state index contributed by atoms with van der Waals surface area (Å²) in [6.07, 6.45) is 0.703. The number of aryl methyl sites for hydroxylation is 1. The number of hydrogen-bond acceptors (Lipinski definition) is 6. The van der Waals surface area contributed by atoms with Gasteiger partial charge in [0.15, 0.2) is 0 Å². The molecule has 0 saturated carbocycles. The Hall–Kier alpha value is -2.16. The second kappa shape index (κ2) is 8.89. The molecule has 0 aliphatic rings. The summed E-state index contributed by atoms with van der Waals surface area (Å²) in [7, 11) is -2.23. The Morgan fingerprint density at radius 3 is 2.54 bits per heavy atom. The predicted molar refractivity (Wildman–Crippen MR) is 111 cm³/mol. The fraction of sp³-hybridized carbons (Fsp3) is 0.250. The lowest BCUT2D eigenvalue weighted by Crippen LogP contribution is -2.09. The van der Waals surface area contributed by atoms with Crippen molar-refractivity contribution in [1.29, 1.82) is 0 Å². The number of methoxy groups -OCH3 is 1. The van der Waals surface area contributed by atoms with Gasteiger partial charge < -0.3 is 14.5 Å². The molecule has 28 heavy (non-hydrogen) atoms. The molecule has 3 aromatic rings. The van der Waals surface area contributed by atoms with Crippen LogP contribution in [0.25, 0.3) is 11.5 Å². The van der Waals surface area contributed by atoms with Gasteiger partial charge in [0.25, 0.3) is 0 Å². The minimum Gasteiger partial charge on any atom is -0.419 e. The zero-order chi connectivity index (χ0) is 20.1. The number of sulfone groups is 1. The van der Waals surface area contributed by atoms with E-state index >= 15 is 0 Å². The van der Waals surface area contributed by atoms with Gasteiger partial charge in [-0.05, 0) is 49.2 Å². The number of aromatic nitrogens is 1. The van der Waals surface area contributed by atoms with Crippen LogP contribution in [0.5, 0.6) is 0 Å². The van der Waals surface area contributed by atoms with Crippen LogP contribution in [-0.4, -0.2) is 33.7 Å². The molecule has 0 amide bonds. The van der Waals surface area contributed by atoms with Crippen molar-refractivity contribution in [3.63, 3.8) is 0 Å². The van der Waals surface area contributed by atoms with Crippen molar-refractivity contribution in [3.8, 4) is 11.5 Å². The lowest BCUT2D eigenvalue weighted by molar-refractivity contribution is 0.197. The third-order valence-electron chi connectivity index (χ3n) is 4.16. The van der Waals surface area contributed by atoms with Gasteiger partial charge in [0, 0.05) is 30.3 Å². The zero-order valence-electron chi connectivity index (χ0n) is 15.6. The van der Waals surface area contributed by atoms with E-state index in [0.717, 1.165) is 15.6 Å². The number of nitrogens with one attached hydrogen (secondary N) is 1. The number of halogens is 1. The molecule has 148 valence electrons. The maximum absolute atomic E-state index is 13.2. The number of rotatable bonds is 8. The standard InChI is InChI=1S/C20H21BrN2O4S/c1-14-6-3-4-7-17(14)18-23-20(19(27-18)22-12-5-13-26-2)28(24,25)16-10-8-15(21)9-11-16/h3-4,6-11,22H,5,12-13H2,1-2H3. The number of anilines is 1. The molecule has 2 aromatic carbocycles. The van der Waals surface area contributed by atoms with Gasteiger partial charge in [0.2, 0.25) is 26.6 Å². The Kier molecular flexibility index (Phi) is 6.53.